The van der Waals surface area contributed by atoms with Crippen LogP contribution < -0.4 is 0 Å². The van der Waals surface area contributed by atoms with E-state index in [1.165, 1.54) is 0 Å². The van der Waals surface area contributed by atoms with E-state index < -0.39 is 0 Å². The quantitative estimate of drug-likeness (QED) is 0.545. The predicted octanol–water partition coefficient (Wildman–Crippen LogP) is 1.24. The summed E-state index contributed by atoms with van der Waals surface area (Å²) in [5, 5.41) is 8.58. The monoisotopic (exact) mass is 138 g/mol. The fraction of sp³-hybridized carbons (Fsp3) is 0.875. The molecule has 0 N–H and O–H groups in total. The van der Waals surface area contributed by atoms with Crippen molar-refractivity contribution in [1.29, 1.82) is 5.26 Å². The second kappa shape index (κ2) is 3.58. The largest absolute Gasteiger partial charge is 0.304 e. The van der Waals surface area contributed by atoms with Crippen molar-refractivity contribution in [3.63, 3.8) is 0 Å². The van der Waals surface area contributed by atoms with E-state index in [4.69, 9.17) is 5.26 Å². The third-order valence-corrected chi connectivity index (χ3v) is 2.22. The molecule has 56 valence electrons. The molecule has 0 unspecified atom stereocenters. The number of hydrogen-bond acceptors (Lipinski definition) is 2. The minimum atomic E-state index is 0.336. The van der Waals surface area contributed by atoms with Crippen LogP contribution in [0.25, 0.3) is 0 Å². The highest BCUT2D eigenvalue weighted by atomic mass is 15.1. The van der Waals surface area contributed by atoms with Gasteiger partial charge in [-0.05, 0) is 32.5 Å². The Morgan fingerprint density at radius 1 is 1.50 bits per heavy atom. The third kappa shape index (κ3) is 1.71. The Balaban J connectivity index is 2.25. The average Bonchev–Trinajstić information content (AvgIpc) is 2.05. The lowest BCUT2D eigenvalue weighted by Gasteiger charge is -2.27. The molecule has 0 aliphatic carbocycles. The molecule has 0 aromatic carbocycles. The van der Waals surface area contributed by atoms with Gasteiger partial charge in [0.15, 0.2) is 0 Å². The average molecular weight is 138 g/mol. The Hall–Kier alpha value is -0.550. The lowest BCUT2D eigenvalue weighted by atomic mass is 9.99. The molecular formula is C8H14N2. The first-order valence-electron chi connectivity index (χ1n) is 3.98. The molecule has 10 heavy (non-hydrogen) atoms. The molecule has 0 bridgehead atoms. The van der Waals surface area contributed by atoms with E-state index in [0.29, 0.717) is 5.92 Å². The van der Waals surface area contributed by atoms with Gasteiger partial charge in [-0.2, -0.15) is 5.26 Å². The Labute approximate surface area is 62.4 Å². The maximum absolute atomic E-state index is 8.58. The summed E-state index contributed by atoms with van der Waals surface area (Å²) in [6, 6.07) is 2.32. The fourth-order valence-corrected chi connectivity index (χ4v) is 1.38. The van der Waals surface area contributed by atoms with E-state index >= 15 is 0 Å². The second-order valence-corrected chi connectivity index (χ2v) is 2.84. The Kier molecular flexibility index (Phi) is 2.70. The van der Waals surface area contributed by atoms with Gasteiger partial charge < -0.3 is 4.90 Å². The number of hydrogen-bond donors (Lipinski definition) is 0. The lowest BCUT2D eigenvalue weighted by molar-refractivity contribution is 0.215. The maximum Gasteiger partial charge on any atom is 0.0656 e. The Bertz CT molecular complexity index is 129. The van der Waals surface area contributed by atoms with Gasteiger partial charge in [-0.1, -0.05) is 6.92 Å². The van der Waals surface area contributed by atoms with E-state index in [1.807, 2.05) is 0 Å². The minimum absolute atomic E-state index is 0.336. The predicted molar refractivity (Wildman–Crippen MR) is 40.5 cm³/mol. The molecule has 1 aliphatic heterocycles. The lowest BCUT2D eigenvalue weighted by Crippen LogP contribution is -2.32. The Morgan fingerprint density at radius 3 is 2.50 bits per heavy atom. The fourth-order valence-electron chi connectivity index (χ4n) is 1.38. The van der Waals surface area contributed by atoms with Crippen LogP contribution in [0.5, 0.6) is 0 Å². The molecule has 0 aromatic heterocycles. The standard InChI is InChI=1S/C8H14N2/c1-2-10-5-3-8(7-9)4-6-10/h8H,2-6H2,1H3. The van der Waals surface area contributed by atoms with Gasteiger partial charge in [0, 0.05) is 5.92 Å². The van der Waals surface area contributed by atoms with Crippen molar-refractivity contribution in [3.8, 4) is 6.07 Å². The van der Waals surface area contributed by atoms with Crippen LogP contribution in [0, 0.1) is 17.2 Å². The van der Waals surface area contributed by atoms with Crippen LogP contribution in [0.2, 0.25) is 0 Å². The van der Waals surface area contributed by atoms with E-state index in [9.17, 15) is 0 Å². The smallest absolute Gasteiger partial charge is 0.0656 e. The number of nitriles is 1. The zero-order chi connectivity index (χ0) is 7.40. The van der Waals surface area contributed by atoms with E-state index in [1.54, 1.807) is 0 Å². The zero-order valence-electron chi connectivity index (χ0n) is 6.51. The van der Waals surface area contributed by atoms with Gasteiger partial charge in [0.2, 0.25) is 0 Å². The van der Waals surface area contributed by atoms with Crippen LogP contribution in [0.3, 0.4) is 0 Å². The second-order valence-electron chi connectivity index (χ2n) is 2.84. The normalized spacial score (nSPS) is 22.4. The van der Waals surface area contributed by atoms with E-state index in [2.05, 4.69) is 17.9 Å². The van der Waals surface area contributed by atoms with Gasteiger partial charge in [-0.25, -0.2) is 0 Å². The molecule has 0 radical (unpaired) electrons. The molecule has 1 rings (SSSR count). The number of likely N-dealkylation sites (tertiary alicyclic amines) is 1. The first-order chi connectivity index (χ1) is 4.86. The third-order valence-electron chi connectivity index (χ3n) is 2.22. The molecule has 1 heterocycles. The van der Waals surface area contributed by atoms with Gasteiger partial charge in [-0.3, -0.25) is 0 Å². The minimum Gasteiger partial charge on any atom is -0.304 e. The maximum atomic E-state index is 8.58. The van der Waals surface area contributed by atoms with Crippen molar-refractivity contribution in [3.05, 3.63) is 0 Å². The highest BCUT2D eigenvalue weighted by Gasteiger charge is 2.16. The topological polar surface area (TPSA) is 27.0 Å². The van der Waals surface area contributed by atoms with Crippen molar-refractivity contribution in [2.45, 2.75) is 19.8 Å². The summed E-state index contributed by atoms with van der Waals surface area (Å²) in [5.74, 6) is 0.336. The SMILES string of the molecule is CCN1CCC(C#N)CC1. The summed E-state index contributed by atoms with van der Waals surface area (Å²) in [6.07, 6.45) is 2.15. The highest BCUT2D eigenvalue weighted by Crippen LogP contribution is 2.14. The molecule has 0 amide bonds. The van der Waals surface area contributed by atoms with Crippen LogP contribution in [0.1, 0.15) is 19.8 Å². The summed E-state index contributed by atoms with van der Waals surface area (Å²) < 4.78 is 0. The van der Waals surface area contributed by atoms with Crippen molar-refractivity contribution in [2.24, 2.45) is 5.92 Å². The van der Waals surface area contributed by atoms with Crippen LogP contribution in [-0.4, -0.2) is 24.5 Å². The van der Waals surface area contributed by atoms with Crippen LogP contribution in [0.4, 0.5) is 0 Å². The molecule has 1 fully saturated rings. The molecule has 1 aliphatic rings. The Morgan fingerprint density at radius 2 is 2.10 bits per heavy atom. The molecular weight excluding hydrogens is 124 g/mol. The van der Waals surface area contributed by atoms with Crippen LogP contribution in [0.15, 0.2) is 0 Å². The summed E-state index contributed by atoms with van der Waals surface area (Å²) in [5.41, 5.74) is 0. The van der Waals surface area contributed by atoms with Crippen LogP contribution in [-0.2, 0) is 0 Å². The van der Waals surface area contributed by atoms with Gasteiger partial charge in [-0.15, -0.1) is 0 Å². The summed E-state index contributed by atoms with van der Waals surface area (Å²) in [4.78, 5) is 2.40. The van der Waals surface area contributed by atoms with Gasteiger partial charge >= 0.3 is 0 Å². The first-order valence-corrected chi connectivity index (χ1v) is 3.98. The molecule has 1 saturated heterocycles. The number of piperidine rings is 1. The molecule has 0 spiro atoms. The zero-order valence-corrected chi connectivity index (χ0v) is 6.51. The summed E-state index contributed by atoms with van der Waals surface area (Å²) in [6.45, 7) is 5.55. The van der Waals surface area contributed by atoms with E-state index in [-0.39, 0.29) is 0 Å². The molecule has 0 saturated carbocycles. The summed E-state index contributed by atoms with van der Waals surface area (Å²) in [7, 11) is 0. The van der Waals surface area contributed by atoms with Gasteiger partial charge in [0.25, 0.3) is 0 Å². The molecule has 2 nitrogen and oxygen atoms in total. The van der Waals surface area contributed by atoms with Crippen molar-refractivity contribution in [1.82, 2.24) is 4.90 Å². The van der Waals surface area contributed by atoms with Crippen molar-refractivity contribution in [2.75, 3.05) is 19.6 Å². The van der Waals surface area contributed by atoms with Gasteiger partial charge in [0.1, 0.15) is 0 Å². The van der Waals surface area contributed by atoms with Crippen molar-refractivity contribution < 1.29 is 0 Å². The number of rotatable bonds is 1. The molecule has 0 aromatic rings. The number of nitrogens with zero attached hydrogens (tertiary/aromatic N) is 2. The van der Waals surface area contributed by atoms with Crippen LogP contribution >= 0.6 is 0 Å². The van der Waals surface area contributed by atoms with Crippen molar-refractivity contribution >= 4 is 0 Å². The molecule has 2 heteroatoms. The molecule has 0 atom stereocenters. The summed E-state index contributed by atoms with van der Waals surface area (Å²) >= 11 is 0. The first kappa shape index (κ1) is 7.56. The highest BCUT2D eigenvalue weighted by molar-refractivity contribution is 4.86. The van der Waals surface area contributed by atoms with E-state index in [0.717, 1.165) is 32.5 Å². The van der Waals surface area contributed by atoms with Gasteiger partial charge in [0.05, 0.1) is 6.07 Å².